The zero-order chi connectivity index (χ0) is 21.6. The van der Waals surface area contributed by atoms with Crippen LogP contribution in [0.1, 0.15) is 17.9 Å². The molecule has 2 aliphatic carbocycles. The number of carbonyl (C=O) groups is 1. The van der Waals surface area contributed by atoms with Crippen LogP contribution in [-0.4, -0.2) is 26.7 Å². The Hall–Kier alpha value is -3.79. The summed E-state index contributed by atoms with van der Waals surface area (Å²) in [6.07, 6.45) is 3.63. The molecule has 0 radical (unpaired) electrons. The highest BCUT2D eigenvalue weighted by Crippen LogP contribution is 2.79. The maximum Gasteiger partial charge on any atom is 0.343 e. The summed E-state index contributed by atoms with van der Waals surface area (Å²) in [5, 5.41) is 12.5. The van der Waals surface area contributed by atoms with Gasteiger partial charge in [0.05, 0.1) is 5.69 Å². The first-order chi connectivity index (χ1) is 15.0. The normalized spacial score (nSPS) is 22.9. The highest BCUT2D eigenvalue weighted by molar-refractivity contribution is 5.88. The van der Waals surface area contributed by atoms with Gasteiger partial charge in [0, 0.05) is 35.7 Å². The molecule has 3 N–H and O–H groups in total. The molecule has 31 heavy (non-hydrogen) atoms. The summed E-state index contributed by atoms with van der Waals surface area (Å²) >= 11 is 0. The van der Waals surface area contributed by atoms with E-state index in [-0.39, 0.29) is 23.3 Å². The van der Waals surface area contributed by atoms with Crippen LogP contribution >= 0.6 is 0 Å². The number of phenolic OH excluding ortho intramolecular Hbond substituents is 1. The molecule has 158 valence electrons. The minimum Gasteiger partial charge on any atom is -0.508 e. The van der Waals surface area contributed by atoms with Crippen LogP contribution in [0.2, 0.25) is 0 Å². The number of rotatable bonds is 6. The van der Waals surface area contributed by atoms with E-state index in [2.05, 4.69) is 20.8 Å². The lowest BCUT2D eigenvalue weighted by molar-refractivity contribution is 0.0104. The van der Waals surface area contributed by atoms with Crippen molar-refractivity contribution in [3.05, 3.63) is 72.2 Å². The van der Waals surface area contributed by atoms with Crippen molar-refractivity contribution in [1.82, 2.24) is 15.4 Å². The molecule has 0 spiro atoms. The number of urea groups is 1. The summed E-state index contributed by atoms with van der Waals surface area (Å²) < 4.78 is 32.3. The lowest BCUT2D eigenvalue weighted by Crippen LogP contribution is -2.32. The van der Waals surface area contributed by atoms with E-state index in [1.165, 1.54) is 12.4 Å². The number of fused-ring (bicyclic) bond motifs is 1. The average Bonchev–Trinajstić information content (AvgIpc) is 3.62. The van der Waals surface area contributed by atoms with Crippen LogP contribution in [0.4, 0.5) is 19.3 Å². The topological polar surface area (TPSA) is 106 Å². The zero-order valence-electron chi connectivity index (χ0n) is 15.9. The lowest BCUT2D eigenvalue weighted by Gasteiger charge is -2.16. The number of amides is 2. The van der Waals surface area contributed by atoms with Crippen LogP contribution in [0.25, 0.3) is 0 Å². The van der Waals surface area contributed by atoms with Gasteiger partial charge in [-0.15, -0.1) is 0 Å². The van der Waals surface area contributed by atoms with E-state index in [0.29, 0.717) is 29.7 Å². The van der Waals surface area contributed by atoms with Crippen LogP contribution in [0.5, 0.6) is 17.4 Å². The molecule has 0 unspecified atom stereocenters. The van der Waals surface area contributed by atoms with Gasteiger partial charge < -0.3 is 15.2 Å². The van der Waals surface area contributed by atoms with E-state index >= 15 is 0 Å². The SMILES string of the molecule is O=C(NO[C@@]12C[C@H]1[C@H]2c1cc(Oc2ccncn2)ccc1O)Nc1ccc(F)cc1F. The van der Waals surface area contributed by atoms with Crippen molar-refractivity contribution in [2.24, 2.45) is 5.92 Å². The van der Waals surface area contributed by atoms with E-state index in [1.54, 1.807) is 24.4 Å². The first-order valence-electron chi connectivity index (χ1n) is 9.43. The van der Waals surface area contributed by atoms with E-state index in [0.717, 1.165) is 12.1 Å². The van der Waals surface area contributed by atoms with Crippen molar-refractivity contribution in [1.29, 1.82) is 0 Å². The first-order valence-corrected chi connectivity index (χ1v) is 9.43. The average molecular weight is 426 g/mol. The Bertz CT molecular complexity index is 1160. The van der Waals surface area contributed by atoms with E-state index in [1.807, 2.05) is 0 Å². The second-order valence-electron chi connectivity index (χ2n) is 7.40. The Morgan fingerprint density at radius 2 is 2.06 bits per heavy atom. The van der Waals surface area contributed by atoms with E-state index < -0.39 is 23.3 Å². The second-order valence-corrected chi connectivity index (χ2v) is 7.40. The maximum absolute atomic E-state index is 13.7. The van der Waals surface area contributed by atoms with Crippen molar-refractivity contribution >= 4 is 11.7 Å². The molecule has 0 saturated heterocycles. The molecule has 2 aliphatic rings. The fourth-order valence-corrected chi connectivity index (χ4v) is 3.71. The van der Waals surface area contributed by atoms with Gasteiger partial charge in [-0.1, -0.05) is 0 Å². The molecule has 5 rings (SSSR count). The van der Waals surface area contributed by atoms with Gasteiger partial charge in [0.2, 0.25) is 5.88 Å². The molecule has 8 nitrogen and oxygen atoms in total. The number of aromatic hydroxyl groups is 1. The van der Waals surface area contributed by atoms with Gasteiger partial charge in [-0.2, -0.15) is 0 Å². The van der Waals surface area contributed by atoms with Crippen molar-refractivity contribution in [3.8, 4) is 17.4 Å². The van der Waals surface area contributed by atoms with Gasteiger partial charge in [-0.3, -0.25) is 4.84 Å². The highest BCUT2D eigenvalue weighted by atomic mass is 19.1. The van der Waals surface area contributed by atoms with Gasteiger partial charge in [-0.25, -0.2) is 29.0 Å². The number of hydrogen-bond acceptors (Lipinski definition) is 6. The summed E-state index contributed by atoms with van der Waals surface area (Å²) in [4.78, 5) is 25.4. The van der Waals surface area contributed by atoms with Crippen LogP contribution in [-0.2, 0) is 4.84 Å². The predicted octanol–water partition coefficient (Wildman–Crippen LogP) is 3.86. The standard InChI is InChI=1S/C21H16F2N4O4/c22-11-1-3-16(15(23)7-11)26-20(29)27-31-21-9-14(21)19(21)13-8-12(2-4-17(13)28)30-18-5-6-24-10-25-18/h1-8,10,14,19,28H,9H2,(H2,26,27,29)/t14-,19+,21-/m0/s1. The van der Waals surface area contributed by atoms with Gasteiger partial charge in [0.1, 0.15) is 35.1 Å². The second kappa shape index (κ2) is 7.17. The minimum absolute atomic E-state index is 0.0908. The summed E-state index contributed by atoms with van der Waals surface area (Å²) in [5.41, 5.74) is 2.09. The Morgan fingerprint density at radius 1 is 1.19 bits per heavy atom. The fourth-order valence-electron chi connectivity index (χ4n) is 3.71. The smallest absolute Gasteiger partial charge is 0.343 e. The quantitative estimate of drug-likeness (QED) is 0.517. The van der Waals surface area contributed by atoms with Crippen LogP contribution in [0, 0.1) is 17.6 Å². The number of aromatic nitrogens is 2. The Kier molecular flexibility index (Phi) is 4.44. The van der Waals surface area contributed by atoms with Crippen LogP contribution in [0.3, 0.4) is 0 Å². The van der Waals surface area contributed by atoms with Crippen molar-refractivity contribution < 1.29 is 28.3 Å². The third-order valence-corrected chi connectivity index (χ3v) is 5.45. The molecule has 2 fully saturated rings. The van der Waals surface area contributed by atoms with Gasteiger partial charge >= 0.3 is 6.03 Å². The number of nitrogens with zero attached hydrogens (tertiary/aromatic N) is 2. The molecular weight excluding hydrogens is 410 g/mol. The number of nitrogens with one attached hydrogen (secondary N) is 2. The molecule has 10 heteroatoms. The number of halogens is 2. The largest absolute Gasteiger partial charge is 0.508 e. The predicted molar refractivity (Wildman–Crippen MR) is 103 cm³/mol. The summed E-state index contributed by atoms with van der Waals surface area (Å²) in [6, 6.07) is 8.48. The molecule has 3 atom stereocenters. The monoisotopic (exact) mass is 426 g/mol. The Labute approximate surface area is 174 Å². The number of carbonyl (C=O) groups excluding carboxylic acids is 1. The maximum atomic E-state index is 13.7. The number of benzene rings is 2. The zero-order valence-corrected chi connectivity index (χ0v) is 15.9. The lowest BCUT2D eigenvalue weighted by atomic mass is 10.0. The molecule has 3 aromatic rings. The molecule has 2 saturated carbocycles. The van der Waals surface area contributed by atoms with Crippen LogP contribution < -0.4 is 15.5 Å². The number of phenols is 1. The third kappa shape index (κ3) is 3.61. The summed E-state index contributed by atoms with van der Waals surface area (Å²) in [7, 11) is 0. The van der Waals surface area contributed by atoms with Crippen molar-refractivity contribution in [2.75, 3.05) is 5.32 Å². The first kappa shape index (κ1) is 19.2. The van der Waals surface area contributed by atoms with Crippen molar-refractivity contribution in [2.45, 2.75) is 17.9 Å². The Morgan fingerprint density at radius 3 is 2.81 bits per heavy atom. The van der Waals surface area contributed by atoms with Gasteiger partial charge in [-0.05, 0) is 36.8 Å². The Balaban J connectivity index is 1.22. The summed E-state index contributed by atoms with van der Waals surface area (Å²) in [6.45, 7) is 0. The molecule has 1 heterocycles. The molecule has 0 aliphatic heterocycles. The van der Waals surface area contributed by atoms with Crippen LogP contribution in [0.15, 0.2) is 55.0 Å². The fraction of sp³-hybridized carbons (Fsp3) is 0.190. The molecule has 1 aromatic heterocycles. The molecular formula is C21H16F2N4O4. The van der Waals surface area contributed by atoms with Gasteiger partial charge in [0.25, 0.3) is 0 Å². The number of hydrogen-bond donors (Lipinski definition) is 3. The third-order valence-electron chi connectivity index (χ3n) is 5.45. The molecule has 2 amide bonds. The van der Waals surface area contributed by atoms with E-state index in [4.69, 9.17) is 9.57 Å². The van der Waals surface area contributed by atoms with E-state index in [9.17, 15) is 18.7 Å². The number of anilines is 1. The highest BCUT2D eigenvalue weighted by Gasteiger charge is 2.82. The minimum atomic E-state index is -0.896. The summed E-state index contributed by atoms with van der Waals surface area (Å²) in [5.74, 6) is -0.679. The molecule has 0 bridgehead atoms. The number of ether oxygens (including phenoxy) is 1. The number of hydroxylamine groups is 1. The van der Waals surface area contributed by atoms with Gasteiger partial charge in [0.15, 0.2) is 0 Å². The van der Waals surface area contributed by atoms with Crippen molar-refractivity contribution in [3.63, 3.8) is 0 Å². The molecule has 2 aromatic carbocycles.